The molecule has 0 amide bonds. The number of aliphatic imine (C=N–C) groups is 1. The first-order valence-electron chi connectivity index (χ1n) is 12.5. The molecule has 0 fully saturated rings. The second-order valence-electron chi connectivity index (χ2n) is 10.3. The van der Waals surface area contributed by atoms with Crippen molar-refractivity contribution in [1.82, 2.24) is 4.38 Å². The average Bonchev–Trinajstić information content (AvgIpc) is 2.76. The van der Waals surface area contributed by atoms with Crippen molar-refractivity contribution in [2.75, 3.05) is 3.86 Å². The van der Waals surface area contributed by atoms with Crippen LogP contribution in [0.3, 0.4) is 0 Å². The molecule has 2 rings (SSSR count). The van der Waals surface area contributed by atoms with Gasteiger partial charge in [-0.15, -0.1) is 0 Å². The SMILES string of the molecule is CC(/C=C(/C)[N]([Ge][NH]N)c1c(C(C)C)cccc1C(C)C)=Nc1c(C(C)C)cccc1C(C)C. The summed E-state index contributed by atoms with van der Waals surface area (Å²) in [4.78, 5) is 5.17. The monoisotopic (exact) mass is 522 g/mol. The summed E-state index contributed by atoms with van der Waals surface area (Å²) in [5, 5.41) is 0. The Hall–Kier alpha value is -1.89. The van der Waals surface area contributed by atoms with Crippen molar-refractivity contribution in [1.29, 1.82) is 0 Å². The minimum atomic E-state index is -0.788. The van der Waals surface area contributed by atoms with Gasteiger partial charge >= 0.3 is 215 Å². The molecule has 5 heteroatoms. The number of nitrogens with two attached hydrogens (primary N) is 1. The first-order valence-corrected chi connectivity index (χ1v) is 14.5. The van der Waals surface area contributed by atoms with Crippen molar-refractivity contribution in [3.8, 4) is 0 Å². The predicted molar refractivity (Wildman–Crippen MR) is 151 cm³/mol. The van der Waals surface area contributed by atoms with Gasteiger partial charge in [-0.1, -0.05) is 0 Å². The summed E-state index contributed by atoms with van der Waals surface area (Å²) >= 11 is -0.788. The van der Waals surface area contributed by atoms with Crippen LogP contribution in [-0.2, 0) is 0 Å². The molecule has 4 nitrogen and oxygen atoms in total. The Balaban J connectivity index is 2.64. The molecular weight excluding hydrogens is 477 g/mol. The quantitative estimate of drug-likeness (QED) is 0.146. The number of hydrogen-bond acceptors (Lipinski definition) is 4. The molecule has 0 saturated carbocycles. The molecule has 0 spiro atoms. The zero-order valence-electron chi connectivity index (χ0n) is 22.8. The maximum atomic E-state index is 5.92. The molecule has 2 aromatic carbocycles. The Morgan fingerprint density at radius 2 is 1.21 bits per heavy atom. The number of allylic oxidation sites excluding steroid dienone is 2. The second kappa shape index (κ2) is 12.7. The van der Waals surface area contributed by atoms with Crippen molar-refractivity contribution in [2.24, 2.45) is 10.8 Å². The van der Waals surface area contributed by atoms with Crippen LogP contribution in [0.4, 0.5) is 11.4 Å². The van der Waals surface area contributed by atoms with Gasteiger partial charge in [-0.3, -0.25) is 0 Å². The molecule has 0 unspecified atom stereocenters. The standard InChI is InChI=1S/C29H44GeN4/c1-18(2)24-13-11-14-25(19(3)4)28(24)32-22(9)17-23(10)34(30-33-31)29-26(20(5)6)15-12-16-27(29)21(7)8/h11-21,33H,31H2,1-10H3/b23-17-,32-22?. The first-order chi connectivity index (χ1) is 16.0. The molecule has 184 valence electrons. The summed E-state index contributed by atoms with van der Waals surface area (Å²) in [7, 11) is 0. The van der Waals surface area contributed by atoms with Gasteiger partial charge in [0, 0.05) is 0 Å². The van der Waals surface area contributed by atoms with Crippen LogP contribution in [0.25, 0.3) is 0 Å². The van der Waals surface area contributed by atoms with E-state index in [2.05, 4.69) is 120 Å². The van der Waals surface area contributed by atoms with Crippen LogP contribution in [0.1, 0.15) is 115 Å². The molecule has 0 aliphatic carbocycles. The number of para-hydroxylation sites is 2. The molecule has 2 radical (unpaired) electrons. The Morgan fingerprint density at radius 3 is 1.59 bits per heavy atom. The van der Waals surface area contributed by atoms with Gasteiger partial charge in [0.05, 0.1) is 0 Å². The number of rotatable bonds is 10. The van der Waals surface area contributed by atoms with E-state index in [1.807, 2.05) is 0 Å². The van der Waals surface area contributed by atoms with Gasteiger partial charge in [0.2, 0.25) is 0 Å². The topological polar surface area (TPSA) is 53.6 Å². The van der Waals surface area contributed by atoms with Crippen molar-refractivity contribution in [2.45, 2.75) is 92.9 Å². The molecule has 0 aliphatic heterocycles. The summed E-state index contributed by atoms with van der Waals surface area (Å²) in [5.41, 5.74) is 9.93. The Morgan fingerprint density at radius 1 is 0.794 bits per heavy atom. The van der Waals surface area contributed by atoms with Gasteiger partial charge < -0.3 is 0 Å². The summed E-state index contributed by atoms with van der Waals surface area (Å²) < 4.78 is 5.44. The summed E-state index contributed by atoms with van der Waals surface area (Å²) in [6.45, 7) is 22.3. The van der Waals surface area contributed by atoms with Crippen molar-refractivity contribution in [3.05, 3.63) is 70.4 Å². The molecule has 34 heavy (non-hydrogen) atoms. The van der Waals surface area contributed by atoms with E-state index in [-0.39, 0.29) is 0 Å². The van der Waals surface area contributed by atoms with E-state index in [9.17, 15) is 0 Å². The average molecular weight is 521 g/mol. The molecule has 3 N–H and O–H groups in total. The maximum absolute atomic E-state index is 5.92. The third-order valence-electron chi connectivity index (χ3n) is 6.14. The van der Waals surface area contributed by atoms with Crippen LogP contribution in [-0.4, -0.2) is 21.6 Å². The number of anilines is 1. The van der Waals surface area contributed by atoms with E-state index in [4.69, 9.17) is 10.8 Å². The summed E-state index contributed by atoms with van der Waals surface area (Å²) in [6, 6.07) is 13.3. The number of benzene rings is 2. The zero-order valence-corrected chi connectivity index (χ0v) is 24.9. The number of hydrazine groups is 1. The van der Waals surface area contributed by atoms with Gasteiger partial charge in [0.15, 0.2) is 0 Å². The van der Waals surface area contributed by atoms with Gasteiger partial charge in [-0.05, 0) is 0 Å². The van der Waals surface area contributed by atoms with Crippen LogP contribution in [0.2, 0.25) is 0 Å². The Kier molecular flexibility index (Phi) is 10.6. The molecule has 0 atom stereocenters. The number of nitrogens with one attached hydrogen (secondary N) is 1. The third kappa shape index (κ3) is 6.83. The van der Waals surface area contributed by atoms with Crippen LogP contribution >= 0.6 is 0 Å². The van der Waals surface area contributed by atoms with E-state index < -0.39 is 15.9 Å². The number of hydrogen-bond donors (Lipinski definition) is 2. The van der Waals surface area contributed by atoms with E-state index in [1.165, 1.54) is 33.6 Å². The van der Waals surface area contributed by atoms with Gasteiger partial charge in [0.25, 0.3) is 0 Å². The molecule has 0 bridgehead atoms. The zero-order chi connectivity index (χ0) is 25.6. The van der Waals surface area contributed by atoms with Crippen LogP contribution in [0.5, 0.6) is 0 Å². The summed E-state index contributed by atoms with van der Waals surface area (Å²) in [6.07, 6.45) is 2.21. The normalized spacial score (nSPS) is 13.0. The molecular formula is C29H44GeN4. The van der Waals surface area contributed by atoms with Crippen molar-refractivity contribution >= 4 is 33.0 Å². The minimum absolute atomic E-state index is 0.423. The predicted octanol–water partition coefficient (Wildman–Crippen LogP) is 7.68. The van der Waals surface area contributed by atoms with E-state index in [0.29, 0.717) is 23.7 Å². The fraction of sp³-hybridized carbons (Fsp3) is 0.483. The molecule has 0 heterocycles. The van der Waals surface area contributed by atoms with Gasteiger partial charge in [-0.25, -0.2) is 0 Å². The summed E-state index contributed by atoms with van der Waals surface area (Å²) in [5.74, 6) is 7.62. The van der Waals surface area contributed by atoms with Crippen LogP contribution < -0.4 is 14.1 Å². The molecule has 0 aromatic heterocycles. The Labute approximate surface area is 215 Å². The van der Waals surface area contributed by atoms with Crippen molar-refractivity contribution in [3.63, 3.8) is 0 Å². The fourth-order valence-corrected chi connectivity index (χ4v) is 5.92. The first kappa shape index (κ1) is 28.4. The van der Waals surface area contributed by atoms with E-state index in [0.717, 1.165) is 11.4 Å². The van der Waals surface area contributed by atoms with Gasteiger partial charge in [-0.2, -0.15) is 0 Å². The van der Waals surface area contributed by atoms with Crippen LogP contribution in [0, 0.1) is 0 Å². The van der Waals surface area contributed by atoms with E-state index >= 15 is 0 Å². The molecule has 0 aliphatic rings. The van der Waals surface area contributed by atoms with Gasteiger partial charge in [0.1, 0.15) is 0 Å². The Bertz CT molecular complexity index is 966. The number of nitrogens with zero attached hydrogens (tertiary/aromatic N) is 2. The molecule has 0 saturated heterocycles. The fourth-order valence-electron chi connectivity index (χ4n) is 4.37. The van der Waals surface area contributed by atoms with Crippen LogP contribution in [0.15, 0.2) is 53.2 Å². The van der Waals surface area contributed by atoms with E-state index in [1.54, 1.807) is 0 Å². The van der Waals surface area contributed by atoms with Crippen molar-refractivity contribution < 1.29 is 0 Å². The second-order valence-corrected chi connectivity index (χ2v) is 12.3. The molecule has 2 aromatic rings. The third-order valence-corrected chi connectivity index (χ3v) is 8.09.